The van der Waals surface area contributed by atoms with E-state index in [0.717, 1.165) is 24.9 Å². The van der Waals surface area contributed by atoms with Crippen LogP contribution in [0.4, 0.5) is 0 Å². The highest BCUT2D eigenvalue weighted by atomic mass is 32.1. The highest BCUT2D eigenvalue weighted by Gasteiger charge is 2.45. The van der Waals surface area contributed by atoms with E-state index in [9.17, 15) is 9.90 Å². The van der Waals surface area contributed by atoms with Crippen molar-refractivity contribution in [3.63, 3.8) is 0 Å². The summed E-state index contributed by atoms with van der Waals surface area (Å²) in [5.41, 5.74) is 1.27. The molecule has 3 nitrogen and oxygen atoms in total. The van der Waals surface area contributed by atoms with E-state index in [0.29, 0.717) is 6.04 Å². The molecule has 1 aromatic rings. The Hall–Kier alpha value is -0.870. The molecule has 0 aromatic carbocycles. The van der Waals surface area contributed by atoms with Crippen molar-refractivity contribution in [2.75, 3.05) is 6.54 Å². The summed E-state index contributed by atoms with van der Waals surface area (Å²) in [5, 5.41) is 11.7. The van der Waals surface area contributed by atoms with E-state index in [2.05, 4.69) is 18.7 Å². The highest BCUT2D eigenvalue weighted by molar-refractivity contribution is 7.10. The molecule has 1 saturated carbocycles. The fraction of sp³-hybridized carbons (Fsp3) is 0.667. The number of carbonyl (C=O) groups is 1. The van der Waals surface area contributed by atoms with Crippen molar-refractivity contribution >= 4 is 17.3 Å². The number of fused-ring (bicyclic) bond motifs is 1. The van der Waals surface area contributed by atoms with Crippen LogP contribution in [0.15, 0.2) is 11.4 Å². The molecule has 0 radical (unpaired) electrons. The molecule has 104 valence electrons. The zero-order chi connectivity index (χ0) is 13.6. The summed E-state index contributed by atoms with van der Waals surface area (Å²) >= 11 is 1.70. The second-order valence-corrected chi connectivity index (χ2v) is 7.42. The van der Waals surface area contributed by atoms with Crippen molar-refractivity contribution in [2.24, 2.45) is 5.41 Å². The molecule has 0 bridgehead atoms. The molecule has 2 aliphatic rings. The first-order valence-corrected chi connectivity index (χ1v) is 7.93. The van der Waals surface area contributed by atoms with Gasteiger partial charge in [-0.1, -0.05) is 20.3 Å². The Bertz CT molecular complexity index is 494. The SMILES string of the molecule is CC1(C)CCCC1N1CCc2sccc2C1C(=O)O. The lowest BCUT2D eigenvalue weighted by Gasteiger charge is -2.43. The fourth-order valence-electron chi connectivity index (χ4n) is 3.87. The summed E-state index contributed by atoms with van der Waals surface area (Å²) in [6, 6.07) is 1.98. The van der Waals surface area contributed by atoms with Crippen LogP contribution in [0.1, 0.15) is 49.6 Å². The predicted molar refractivity (Wildman–Crippen MR) is 76.5 cm³/mol. The van der Waals surface area contributed by atoms with Gasteiger partial charge >= 0.3 is 5.97 Å². The Morgan fingerprint density at radius 3 is 2.95 bits per heavy atom. The van der Waals surface area contributed by atoms with Crippen LogP contribution in [0.5, 0.6) is 0 Å². The number of hydrogen-bond donors (Lipinski definition) is 1. The third kappa shape index (κ3) is 2.11. The molecule has 0 spiro atoms. The van der Waals surface area contributed by atoms with Crippen LogP contribution < -0.4 is 0 Å². The van der Waals surface area contributed by atoms with Crippen LogP contribution in [0.25, 0.3) is 0 Å². The molecule has 1 fully saturated rings. The maximum absolute atomic E-state index is 11.8. The lowest BCUT2D eigenvalue weighted by atomic mass is 9.84. The lowest BCUT2D eigenvalue weighted by Crippen LogP contribution is -2.49. The van der Waals surface area contributed by atoms with Gasteiger partial charge in [0.05, 0.1) is 0 Å². The van der Waals surface area contributed by atoms with Gasteiger partial charge in [0.25, 0.3) is 0 Å². The standard InChI is InChI=1S/C15H21NO2S/c1-15(2)7-3-4-12(15)16-8-5-11-10(6-9-19-11)13(16)14(17)18/h6,9,12-13H,3-5,7-8H2,1-2H3,(H,17,18). The van der Waals surface area contributed by atoms with E-state index in [1.807, 2.05) is 11.4 Å². The minimum atomic E-state index is -0.693. The summed E-state index contributed by atoms with van der Waals surface area (Å²) in [6.45, 7) is 5.46. The largest absolute Gasteiger partial charge is 0.480 e. The van der Waals surface area contributed by atoms with Gasteiger partial charge in [-0.3, -0.25) is 9.69 Å². The van der Waals surface area contributed by atoms with E-state index in [-0.39, 0.29) is 5.41 Å². The summed E-state index contributed by atoms with van der Waals surface area (Å²) in [4.78, 5) is 15.3. The quantitative estimate of drug-likeness (QED) is 0.903. The smallest absolute Gasteiger partial charge is 0.325 e. The average molecular weight is 279 g/mol. The molecule has 1 N–H and O–H groups in total. The summed E-state index contributed by atoms with van der Waals surface area (Å²) < 4.78 is 0. The molecule has 2 unspecified atom stereocenters. The molecule has 0 amide bonds. The zero-order valence-electron chi connectivity index (χ0n) is 11.6. The van der Waals surface area contributed by atoms with Crippen molar-refractivity contribution in [2.45, 2.75) is 51.6 Å². The predicted octanol–water partition coefficient (Wildman–Crippen LogP) is 3.31. The van der Waals surface area contributed by atoms with Gasteiger partial charge in [-0.2, -0.15) is 0 Å². The first-order chi connectivity index (χ1) is 9.00. The Labute approximate surface area is 118 Å². The molecular weight excluding hydrogens is 258 g/mol. The minimum absolute atomic E-state index is 0.237. The van der Waals surface area contributed by atoms with Crippen LogP contribution >= 0.6 is 11.3 Å². The van der Waals surface area contributed by atoms with Crippen molar-refractivity contribution in [1.29, 1.82) is 0 Å². The zero-order valence-corrected chi connectivity index (χ0v) is 12.4. The highest BCUT2D eigenvalue weighted by Crippen LogP contribution is 2.45. The summed E-state index contributed by atoms with van der Waals surface area (Å²) in [6.07, 6.45) is 4.56. The van der Waals surface area contributed by atoms with Gasteiger partial charge in [0.2, 0.25) is 0 Å². The van der Waals surface area contributed by atoms with E-state index >= 15 is 0 Å². The fourth-order valence-corrected chi connectivity index (χ4v) is 4.77. The normalized spacial score (nSPS) is 30.2. The molecule has 19 heavy (non-hydrogen) atoms. The Morgan fingerprint density at radius 1 is 1.53 bits per heavy atom. The molecule has 4 heteroatoms. The van der Waals surface area contributed by atoms with Gasteiger partial charge < -0.3 is 5.11 Å². The second-order valence-electron chi connectivity index (χ2n) is 6.42. The number of thiophene rings is 1. The number of hydrogen-bond acceptors (Lipinski definition) is 3. The first kappa shape index (κ1) is 13.1. The van der Waals surface area contributed by atoms with Crippen LogP contribution in [0.3, 0.4) is 0 Å². The molecule has 2 heterocycles. The molecule has 3 rings (SSSR count). The van der Waals surface area contributed by atoms with Crippen molar-refractivity contribution in [1.82, 2.24) is 4.90 Å². The third-order valence-corrected chi connectivity index (χ3v) is 5.83. The topological polar surface area (TPSA) is 40.5 Å². The van der Waals surface area contributed by atoms with Crippen LogP contribution in [-0.4, -0.2) is 28.6 Å². The molecule has 1 aliphatic heterocycles. The molecule has 1 aliphatic carbocycles. The van der Waals surface area contributed by atoms with Crippen LogP contribution in [0.2, 0.25) is 0 Å². The van der Waals surface area contributed by atoms with Crippen molar-refractivity contribution in [3.8, 4) is 0 Å². The summed E-state index contributed by atoms with van der Waals surface area (Å²) in [5.74, 6) is -0.693. The van der Waals surface area contributed by atoms with E-state index in [4.69, 9.17) is 0 Å². The number of carboxylic acids is 1. The maximum atomic E-state index is 11.8. The van der Waals surface area contributed by atoms with Gasteiger partial charge in [0, 0.05) is 17.5 Å². The number of nitrogens with zero attached hydrogens (tertiary/aromatic N) is 1. The average Bonchev–Trinajstić information content (AvgIpc) is 2.92. The monoisotopic (exact) mass is 279 g/mol. The van der Waals surface area contributed by atoms with Crippen molar-refractivity contribution in [3.05, 3.63) is 21.9 Å². The lowest BCUT2D eigenvalue weighted by molar-refractivity contribution is -0.146. The third-order valence-electron chi connectivity index (χ3n) is 4.84. The Balaban J connectivity index is 1.96. The number of rotatable bonds is 2. The minimum Gasteiger partial charge on any atom is -0.480 e. The molecular formula is C15H21NO2S. The number of aliphatic carboxylic acids is 1. The Kier molecular flexibility index (Phi) is 3.18. The second kappa shape index (κ2) is 4.60. The van der Waals surface area contributed by atoms with Gasteiger partial charge in [-0.15, -0.1) is 11.3 Å². The Morgan fingerprint density at radius 2 is 2.32 bits per heavy atom. The van der Waals surface area contributed by atoms with Gasteiger partial charge in [0.15, 0.2) is 0 Å². The summed E-state index contributed by atoms with van der Waals surface area (Å²) in [7, 11) is 0. The van der Waals surface area contributed by atoms with Gasteiger partial charge in [-0.25, -0.2) is 0 Å². The molecule has 0 saturated heterocycles. The van der Waals surface area contributed by atoms with E-state index in [1.54, 1.807) is 11.3 Å². The van der Waals surface area contributed by atoms with Crippen LogP contribution in [0, 0.1) is 5.41 Å². The van der Waals surface area contributed by atoms with Crippen LogP contribution in [-0.2, 0) is 11.2 Å². The first-order valence-electron chi connectivity index (χ1n) is 7.05. The van der Waals surface area contributed by atoms with E-state index < -0.39 is 12.0 Å². The molecule has 1 aromatic heterocycles. The number of carboxylic acid groups (broad SMARTS) is 1. The van der Waals surface area contributed by atoms with Crippen molar-refractivity contribution < 1.29 is 9.90 Å². The molecule has 2 atom stereocenters. The maximum Gasteiger partial charge on any atom is 0.325 e. The van der Waals surface area contributed by atoms with Gasteiger partial charge in [-0.05, 0) is 41.7 Å². The van der Waals surface area contributed by atoms with E-state index in [1.165, 1.54) is 17.7 Å². The van der Waals surface area contributed by atoms with Gasteiger partial charge in [0.1, 0.15) is 6.04 Å².